The maximum atomic E-state index is 13.1. The van der Waals surface area contributed by atoms with E-state index in [4.69, 9.17) is 21.3 Å². The first kappa shape index (κ1) is 19.1. The van der Waals surface area contributed by atoms with E-state index in [0.717, 1.165) is 16.5 Å². The van der Waals surface area contributed by atoms with Crippen molar-refractivity contribution in [1.29, 1.82) is 0 Å². The van der Waals surface area contributed by atoms with E-state index >= 15 is 0 Å². The summed E-state index contributed by atoms with van der Waals surface area (Å²) in [6.07, 6.45) is 0. The first-order valence-corrected chi connectivity index (χ1v) is 9.47. The highest BCUT2D eigenvalue weighted by molar-refractivity contribution is 6.30. The Kier molecular flexibility index (Phi) is 5.28. The quantitative estimate of drug-likeness (QED) is 0.371. The average Bonchev–Trinajstić information content (AvgIpc) is 2.72. The first-order valence-electron chi connectivity index (χ1n) is 9.10. The van der Waals surface area contributed by atoms with Crippen molar-refractivity contribution in [2.24, 2.45) is 0 Å². The van der Waals surface area contributed by atoms with Gasteiger partial charge in [0, 0.05) is 16.0 Å². The van der Waals surface area contributed by atoms with E-state index in [1.807, 2.05) is 49.4 Å². The molecular weight excluding hydrogens is 389 g/mol. The summed E-state index contributed by atoms with van der Waals surface area (Å²) in [6.45, 7) is 1.91. The van der Waals surface area contributed by atoms with E-state index in [1.165, 1.54) is 12.1 Å². The van der Waals surface area contributed by atoms with Crippen LogP contribution in [0, 0.1) is 12.7 Å². The maximum absolute atomic E-state index is 13.1. The van der Waals surface area contributed by atoms with Crippen molar-refractivity contribution in [3.05, 3.63) is 100 Å². The molecule has 0 radical (unpaired) electrons. The summed E-state index contributed by atoms with van der Waals surface area (Å²) in [6, 6.07) is 20.7. The SMILES string of the molecule is Cc1c(-c2cccc(Cl)c2)nc2ccccc2c1C(=O)OCc1ccc(F)cc1. The third kappa shape index (κ3) is 3.98. The monoisotopic (exact) mass is 405 g/mol. The van der Waals surface area contributed by atoms with Crippen LogP contribution < -0.4 is 0 Å². The van der Waals surface area contributed by atoms with Crippen LogP contribution >= 0.6 is 11.6 Å². The van der Waals surface area contributed by atoms with Crippen LogP contribution in [-0.4, -0.2) is 11.0 Å². The molecule has 0 spiro atoms. The number of hydrogen-bond donors (Lipinski definition) is 0. The fourth-order valence-electron chi connectivity index (χ4n) is 3.29. The van der Waals surface area contributed by atoms with Gasteiger partial charge in [-0.1, -0.05) is 54.1 Å². The molecule has 0 saturated heterocycles. The summed E-state index contributed by atoms with van der Waals surface area (Å²) in [5.74, 6) is -0.782. The Hall–Kier alpha value is -3.24. The lowest BCUT2D eigenvalue weighted by atomic mass is 9.98. The van der Waals surface area contributed by atoms with Crippen LogP contribution in [0.2, 0.25) is 5.02 Å². The van der Waals surface area contributed by atoms with Crippen LogP contribution in [0.3, 0.4) is 0 Å². The van der Waals surface area contributed by atoms with Crippen LogP contribution in [-0.2, 0) is 11.3 Å². The lowest BCUT2D eigenvalue weighted by Gasteiger charge is -2.14. The maximum Gasteiger partial charge on any atom is 0.339 e. The lowest BCUT2D eigenvalue weighted by Crippen LogP contribution is -2.10. The molecule has 0 amide bonds. The van der Waals surface area contributed by atoms with E-state index in [2.05, 4.69) is 0 Å². The number of carbonyl (C=O) groups is 1. The molecule has 0 N–H and O–H groups in total. The van der Waals surface area contributed by atoms with Gasteiger partial charge in [0.25, 0.3) is 0 Å². The fourth-order valence-corrected chi connectivity index (χ4v) is 3.48. The van der Waals surface area contributed by atoms with Gasteiger partial charge in [0.1, 0.15) is 12.4 Å². The van der Waals surface area contributed by atoms with Gasteiger partial charge < -0.3 is 4.74 Å². The van der Waals surface area contributed by atoms with Gasteiger partial charge in [-0.25, -0.2) is 14.2 Å². The number of nitrogens with zero attached hydrogens (tertiary/aromatic N) is 1. The Morgan fingerprint density at radius 3 is 2.55 bits per heavy atom. The van der Waals surface area contributed by atoms with Crippen molar-refractivity contribution in [3.8, 4) is 11.3 Å². The zero-order valence-electron chi connectivity index (χ0n) is 15.7. The smallest absolute Gasteiger partial charge is 0.339 e. The second-order valence-corrected chi connectivity index (χ2v) is 7.13. The van der Waals surface area contributed by atoms with Crippen molar-refractivity contribution in [2.45, 2.75) is 13.5 Å². The molecular formula is C24H17ClFNO2. The minimum atomic E-state index is -0.450. The molecule has 0 atom stereocenters. The van der Waals surface area contributed by atoms with E-state index in [0.29, 0.717) is 27.4 Å². The van der Waals surface area contributed by atoms with Gasteiger partial charge in [-0.2, -0.15) is 0 Å². The summed E-state index contributed by atoms with van der Waals surface area (Å²) >= 11 is 6.15. The highest BCUT2D eigenvalue weighted by Crippen LogP contribution is 2.31. The molecule has 1 heterocycles. The summed E-state index contributed by atoms with van der Waals surface area (Å²) in [5.41, 5.74) is 4.10. The number of esters is 1. The topological polar surface area (TPSA) is 39.2 Å². The molecule has 0 unspecified atom stereocenters. The number of halogens is 2. The molecule has 0 aliphatic heterocycles. The number of para-hydroxylation sites is 1. The number of ether oxygens (including phenoxy) is 1. The largest absolute Gasteiger partial charge is 0.457 e. The molecule has 0 fully saturated rings. The third-order valence-corrected chi connectivity index (χ3v) is 4.96. The summed E-state index contributed by atoms with van der Waals surface area (Å²) < 4.78 is 18.6. The fraction of sp³-hybridized carbons (Fsp3) is 0.0833. The highest BCUT2D eigenvalue weighted by atomic mass is 35.5. The second-order valence-electron chi connectivity index (χ2n) is 6.69. The molecule has 0 aliphatic rings. The zero-order valence-corrected chi connectivity index (χ0v) is 16.4. The molecule has 3 aromatic carbocycles. The minimum Gasteiger partial charge on any atom is -0.457 e. The molecule has 0 bridgehead atoms. The molecule has 4 rings (SSSR count). The molecule has 1 aromatic heterocycles. The summed E-state index contributed by atoms with van der Waals surface area (Å²) in [7, 11) is 0. The Labute approximate surface area is 172 Å². The average molecular weight is 406 g/mol. The number of aromatic nitrogens is 1. The van der Waals surface area contributed by atoms with Crippen molar-refractivity contribution in [2.75, 3.05) is 0 Å². The number of carbonyl (C=O) groups excluding carboxylic acids is 1. The third-order valence-electron chi connectivity index (χ3n) is 4.72. The van der Waals surface area contributed by atoms with Crippen LogP contribution in [0.1, 0.15) is 21.5 Å². The molecule has 3 nitrogen and oxygen atoms in total. The van der Waals surface area contributed by atoms with E-state index in [1.54, 1.807) is 18.2 Å². The predicted molar refractivity (Wildman–Crippen MR) is 112 cm³/mol. The number of pyridine rings is 1. The second kappa shape index (κ2) is 8.02. The normalized spacial score (nSPS) is 10.9. The Morgan fingerprint density at radius 2 is 1.79 bits per heavy atom. The molecule has 144 valence electrons. The van der Waals surface area contributed by atoms with Crippen LogP contribution in [0.25, 0.3) is 22.2 Å². The van der Waals surface area contributed by atoms with E-state index in [9.17, 15) is 9.18 Å². The minimum absolute atomic E-state index is 0.0572. The number of benzene rings is 3. The van der Waals surface area contributed by atoms with Crippen molar-refractivity contribution < 1.29 is 13.9 Å². The highest BCUT2D eigenvalue weighted by Gasteiger charge is 2.20. The van der Waals surface area contributed by atoms with Gasteiger partial charge in [-0.3, -0.25) is 0 Å². The molecule has 0 aliphatic carbocycles. The molecule has 5 heteroatoms. The Morgan fingerprint density at radius 1 is 1.03 bits per heavy atom. The van der Waals surface area contributed by atoms with Gasteiger partial charge in [0.15, 0.2) is 0 Å². The van der Waals surface area contributed by atoms with Gasteiger partial charge >= 0.3 is 5.97 Å². The zero-order chi connectivity index (χ0) is 20.4. The summed E-state index contributed by atoms with van der Waals surface area (Å²) in [5, 5.41) is 1.32. The predicted octanol–water partition coefficient (Wildman–Crippen LogP) is 6.36. The molecule has 4 aromatic rings. The lowest BCUT2D eigenvalue weighted by molar-refractivity contribution is 0.0474. The molecule has 0 saturated carbocycles. The number of hydrogen-bond acceptors (Lipinski definition) is 3. The van der Waals surface area contributed by atoms with Crippen LogP contribution in [0.5, 0.6) is 0 Å². The van der Waals surface area contributed by atoms with Gasteiger partial charge in [0.05, 0.1) is 16.8 Å². The number of rotatable bonds is 4. The van der Waals surface area contributed by atoms with E-state index in [-0.39, 0.29) is 12.4 Å². The Bertz CT molecular complexity index is 1210. The van der Waals surface area contributed by atoms with Gasteiger partial charge in [0.2, 0.25) is 0 Å². The van der Waals surface area contributed by atoms with E-state index < -0.39 is 5.97 Å². The van der Waals surface area contributed by atoms with Crippen molar-refractivity contribution >= 4 is 28.5 Å². The van der Waals surface area contributed by atoms with Gasteiger partial charge in [-0.15, -0.1) is 0 Å². The first-order chi connectivity index (χ1) is 14.0. The number of fused-ring (bicyclic) bond motifs is 1. The van der Waals surface area contributed by atoms with Crippen molar-refractivity contribution in [3.63, 3.8) is 0 Å². The molecule has 29 heavy (non-hydrogen) atoms. The van der Waals surface area contributed by atoms with Gasteiger partial charge in [-0.05, 0) is 48.4 Å². The van der Waals surface area contributed by atoms with Crippen molar-refractivity contribution in [1.82, 2.24) is 4.98 Å². The van der Waals surface area contributed by atoms with Crippen LogP contribution in [0.4, 0.5) is 4.39 Å². The standard InChI is InChI=1S/C24H17ClFNO2/c1-15-22(24(28)29-14-16-9-11-19(26)12-10-16)20-7-2-3-8-21(20)27-23(15)17-5-4-6-18(25)13-17/h2-13H,14H2,1H3. The Balaban J connectivity index is 1.76. The summed E-state index contributed by atoms with van der Waals surface area (Å²) in [4.78, 5) is 17.8. The van der Waals surface area contributed by atoms with Crippen LogP contribution in [0.15, 0.2) is 72.8 Å².